The van der Waals surface area contributed by atoms with Crippen LogP contribution in [0.1, 0.15) is 18.0 Å². The molecule has 2 N–H and O–H groups in total. The van der Waals surface area contributed by atoms with Crippen molar-refractivity contribution < 1.29 is 31.4 Å². The van der Waals surface area contributed by atoms with Crippen molar-refractivity contribution in [1.82, 2.24) is 0 Å². The van der Waals surface area contributed by atoms with Crippen LogP contribution in [0.25, 0.3) is 0 Å². The van der Waals surface area contributed by atoms with E-state index in [1.54, 1.807) is 0 Å². The smallest absolute Gasteiger partial charge is 0.477 e. The number of hydrogen-bond donors (Lipinski definition) is 1. The molecule has 0 amide bonds. The standard InChI is InChI=1S/C12H12F5NO2/c13-5-11(6-14)4-8(18)7-2-1-3-9(10(7)20-11)19-12(15,16)17/h1-3,8H,4-6,18H2/t8-/m1/s1. The molecule has 0 aliphatic carbocycles. The number of para-hydroxylation sites is 1. The van der Waals surface area contributed by atoms with Gasteiger partial charge in [0.2, 0.25) is 0 Å². The number of ether oxygens (including phenoxy) is 2. The number of benzene rings is 1. The van der Waals surface area contributed by atoms with Gasteiger partial charge in [-0.25, -0.2) is 8.78 Å². The molecule has 0 saturated heterocycles. The van der Waals surface area contributed by atoms with Gasteiger partial charge in [-0.1, -0.05) is 12.1 Å². The molecule has 1 heterocycles. The first-order chi connectivity index (χ1) is 9.30. The highest BCUT2D eigenvalue weighted by Gasteiger charge is 2.43. The summed E-state index contributed by atoms with van der Waals surface area (Å²) in [7, 11) is 0. The zero-order valence-electron chi connectivity index (χ0n) is 10.2. The maximum Gasteiger partial charge on any atom is 0.573 e. The molecule has 3 nitrogen and oxygen atoms in total. The third kappa shape index (κ3) is 2.79. The molecule has 0 aromatic heterocycles. The van der Waals surface area contributed by atoms with Gasteiger partial charge in [0.15, 0.2) is 17.1 Å². The molecule has 1 atom stereocenters. The Bertz CT molecular complexity index is 487. The average Bonchev–Trinajstić information content (AvgIpc) is 2.38. The minimum atomic E-state index is -4.94. The molecule has 1 aromatic rings. The average molecular weight is 297 g/mol. The van der Waals surface area contributed by atoms with E-state index in [9.17, 15) is 22.0 Å². The van der Waals surface area contributed by atoms with Crippen molar-refractivity contribution in [2.24, 2.45) is 5.73 Å². The van der Waals surface area contributed by atoms with Gasteiger partial charge in [-0.15, -0.1) is 13.2 Å². The summed E-state index contributed by atoms with van der Waals surface area (Å²) in [5.74, 6) is -1.02. The number of rotatable bonds is 3. The SMILES string of the molecule is N[C@@H]1CC(CF)(CF)Oc2c(OC(F)(F)F)cccc21. The van der Waals surface area contributed by atoms with E-state index in [2.05, 4.69) is 4.74 Å². The fourth-order valence-corrected chi connectivity index (χ4v) is 2.11. The molecule has 0 fully saturated rings. The molecule has 0 bridgehead atoms. The summed E-state index contributed by atoms with van der Waals surface area (Å²) in [4.78, 5) is 0. The van der Waals surface area contributed by atoms with Gasteiger partial charge in [-0.2, -0.15) is 0 Å². The topological polar surface area (TPSA) is 44.5 Å². The second-order valence-electron chi connectivity index (χ2n) is 4.59. The molecular weight excluding hydrogens is 285 g/mol. The summed E-state index contributed by atoms with van der Waals surface area (Å²) < 4.78 is 71.8. The largest absolute Gasteiger partial charge is 0.573 e. The first-order valence-corrected chi connectivity index (χ1v) is 5.75. The van der Waals surface area contributed by atoms with Crippen LogP contribution in [0.4, 0.5) is 22.0 Å². The van der Waals surface area contributed by atoms with E-state index in [0.29, 0.717) is 0 Å². The van der Waals surface area contributed by atoms with E-state index in [-0.39, 0.29) is 17.7 Å². The summed E-state index contributed by atoms with van der Waals surface area (Å²) in [5.41, 5.74) is 4.12. The lowest BCUT2D eigenvalue weighted by atomic mass is 9.89. The fraction of sp³-hybridized carbons (Fsp3) is 0.500. The van der Waals surface area contributed by atoms with Crippen LogP contribution < -0.4 is 15.2 Å². The van der Waals surface area contributed by atoms with Crippen molar-refractivity contribution in [2.45, 2.75) is 24.4 Å². The first-order valence-electron chi connectivity index (χ1n) is 5.75. The summed E-state index contributed by atoms with van der Waals surface area (Å²) in [6, 6.07) is 2.91. The lowest BCUT2D eigenvalue weighted by Gasteiger charge is -2.38. The van der Waals surface area contributed by atoms with Gasteiger partial charge in [0, 0.05) is 18.0 Å². The van der Waals surface area contributed by atoms with Gasteiger partial charge in [-0.3, -0.25) is 0 Å². The van der Waals surface area contributed by atoms with Gasteiger partial charge in [0.25, 0.3) is 0 Å². The highest BCUT2D eigenvalue weighted by atomic mass is 19.4. The number of alkyl halides is 5. The van der Waals surface area contributed by atoms with Crippen LogP contribution in [-0.2, 0) is 0 Å². The van der Waals surface area contributed by atoms with Crippen molar-refractivity contribution in [3.63, 3.8) is 0 Å². The number of halogens is 5. The molecule has 1 aliphatic heterocycles. The van der Waals surface area contributed by atoms with Crippen LogP contribution in [0.15, 0.2) is 18.2 Å². The van der Waals surface area contributed by atoms with Gasteiger partial charge in [-0.05, 0) is 6.07 Å². The predicted octanol–water partition coefficient (Wildman–Crippen LogP) is 3.05. The zero-order chi connectivity index (χ0) is 15.0. The summed E-state index contributed by atoms with van der Waals surface area (Å²) in [6.07, 6.45) is -5.10. The van der Waals surface area contributed by atoms with E-state index >= 15 is 0 Å². The monoisotopic (exact) mass is 297 g/mol. The molecule has 0 spiro atoms. The Hall–Kier alpha value is -1.57. The normalized spacial score (nSPS) is 21.0. The van der Waals surface area contributed by atoms with Gasteiger partial charge in [0.1, 0.15) is 13.3 Å². The molecular formula is C12H12F5NO2. The van der Waals surface area contributed by atoms with Crippen molar-refractivity contribution >= 4 is 0 Å². The highest BCUT2D eigenvalue weighted by molar-refractivity contribution is 5.50. The maximum absolute atomic E-state index is 13.0. The minimum absolute atomic E-state index is 0.164. The summed E-state index contributed by atoms with van der Waals surface area (Å²) in [5, 5.41) is 0. The Morgan fingerprint density at radius 3 is 2.50 bits per heavy atom. The fourth-order valence-electron chi connectivity index (χ4n) is 2.11. The predicted molar refractivity (Wildman–Crippen MR) is 60.0 cm³/mol. The first kappa shape index (κ1) is 14.8. The van der Waals surface area contributed by atoms with Crippen LogP contribution in [-0.4, -0.2) is 25.3 Å². The molecule has 0 saturated carbocycles. The molecule has 0 radical (unpaired) electrons. The Balaban J connectivity index is 2.44. The maximum atomic E-state index is 13.0. The Morgan fingerprint density at radius 1 is 1.30 bits per heavy atom. The second kappa shape index (κ2) is 5.08. The van der Waals surface area contributed by atoms with Crippen LogP contribution in [0, 0.1) is 0 Å². The van der Waals surface area contributed by atoms with E-state index in [4.69, 9.17) is 10.5 Å². The number of nitrogens with two attached hydrogens (primary N) is 1. The Kier molecular flexibility index (Phi) is 3.77. The molecule has 1 aliphatic rings. The van der Waals surface area contributed by atoms with E-state index in [1.807, 2.05) is 0 Å². The third-order valence-electron chi connectivity index (χ3n) is 3.03. The van der Waals surface area contributed by atoms with Crippen LogP contribution in [0.2, 0.25) is 0 Å². The molecule has 112 valence electrons. The van der Waals surface area contributed by atoms with E-state index in [0.717, 1.165) is 6.07 Å². The van der Waals surface area contributed by atoms with E-state index < -0.39 is 37.1 Å². The van der Waals surface area contributed by atoms with Crippen molar-refractivity contribution in [3.8, 4) is 11.5 Å². The minimum Gasteiger partial charge on any atom is -0.477 e. The summed E-state index contributed by atoms with van der Waals surface area (Å²) >= 11 is 0. The second-order valence-corrected chi connectivity index (χ2v) is 4.59. The molecule has 0 unspecified atom stereocenters. The molecule has 20 heavy (non-hydrogen) atoms. The molecule has 1 aromatic carbocycles. The van der Waals surface area contributed by atoms with Gasteiger partial charge in [0.05, 0.1) is 0 Å². The molecule has 2 rings (SSSR count). The number of fused-ring (bicyclic) bond motifs is 1. The van der Waals surface area contributed by atoms with Crippen molar-refractivity contribution in [1.29, 1.82) is 0 Å². The quantitative estimate of drug-likeness (QED) is 0.872. The van der Waals surface area contributed by atoms with Gasteiger partial charge < -0.3 is 15.2 Å². The number of hydrogen-bond acceptors (Lipinski definition) is 3. The van der Waals surface area contributed by atoms with Crippen LogP contribution in [0.5, 0.6) is 11.5 Å². The summed E-state index contributed by atoms with van der Waals surface area (Å²) in [6.45, 7) is -2.39. The highest BCUT2D eigenvalue weighted by Crippen LogP contribution is 2.45. The van der Waals surface area contributed by atoms with Crippen molar-refractivity contribution in [3.05, 3.63) is 23.8 Å². The Labute approximate surface area is 111 Å². The van der Waals surface area contributed by atoms with Crippen LogP contribution >= 0.6 is 0 Å². The van der Waals surface area contributed by atoms with Crippen LogP contribution in [0.3, 0.4) is 0 Å². The zero-order valence-corrected chi connectivity index (χ0v) is 10.2. The Morgan fingerprint density at radius 2 is 1.95 bits per heavy atom. The van der Waals surface area contributed by atoms with Gasteiger partial charge >= 0.3 is 6.36 Å². The van der Waals surface area contributed by atoms with Crippen molar-refractivity contribution in [2.75, 3.05) is 13.3 Å². The van der Waals surface area contributed by atoms with E-state index in [1.165, 1.54) is 12.1 Å². The third-order valence-corrected chi connectivity index (χ3v) is 3.03. The lowest BCUT2D eigenvalue weighted by molar-refractivity contribution is -0.275. The molecule has 8 heteroatoms. The lowest BCUT2D eigenvalue weighted by Crippen LogP contribution is -2.47.